The van der Waals surface area contributed by atoms with Gasteiger partial charge in [0.25, 0.3) is 5.91 Å². The predicted molar refractivity (Wildman–Crippen MR) is 111 cm³/mol. The van der Waals surface area contributed by atoms with Crippen LogP contribution in [-0.4, -0.2) is 28.1 Å². The molecule has 0 unspecified atom stereocenters. The number of hydrazone groups is 1. The molecule has 1 amide bonds. The lowest BCUT2D eigenvalue weighted by Crippen LogP contribution is -2.19. The number of thiophene rings is 1. The van der Waals surface area contributed by atoms with E-state index in [9.17, 15) is 4.79 Å². The lowest BCUT2D eigenvalue weighted by atomic mass is 10.2. The van der Waals surface area contributed by atoms with Gasteiger partial charge in [-0.3, -0.25) is 4.79 Å². The van der Waals surface area contributed by atoms with E-state index in [4.69, 9.17) is 0 Å². The van der Waals surface area contributed by atoms with Crippen molar-refractivity contribution in [1.29, 1.82) is 0 Å². The number of thioether (sulfide) groups is 2. The first-order valence-corrected chi connectivity index (χ1v) is 11.3. The van der Waals surface area contributed by atoms with E-state index in [1.54, 1.807) is 29.3 Å². The Labute approximate surface area is 168 Å². The molecule has 9 heteroatoms. The molecule has 3 aromatic rings. The van der Waals surface area contributed by atoms with Gasteiger partial charge in [0.1, 0.15) is 0 Å². The van der Waals surface area contributed by atoms with Gasteiger partial charge in [-0.05, 0) is 24.6 Å². The molecule has 0 aliphatic heterocycles. The third-order valence-electron chi connectivity index (χ3n) is 3.06. The zero-order valence-electron chi connectivity index (χ0n) is 13.9. The molecule has 3 rings (SSSR count). The standard InChI is InChI=1S/C17H16N4OS4/c1-12-7-8-14(25-12)9-18-19-15(22)11-24-17-21-20-16(26-17)23-10-13-5-3-2-4-6-13/h2-9H,10-11H2,1H3,(H,19,22)/b18-9+. The molecule has 2 heterocycles. The van der Waals surface area contributed by atoms with E-state index in [2.05, 4.69) is 32.9 Å². The molecule has 0 bridgehead atoms. The number of nitrogens with zero attached hydrogens (tertiary/aromatic N) is 3. The Hall–Kier alpha value is -1.68. The summed E-state index contributed by atoms with van der Waals surface area (Å²) in [5.74, 6) is 0.962. The first kappa shape index (κ1) is 19.1. The Balaban J connectivity index is 1.40. The number of hydrogen-bond donors (Lipinski definition) is 1. The van der Waals surface area contributed by atoms with Crippen molar-refractivity contribution in [2.75, 3.05) is 5.75 Å². The molecule has 5 nitrogen and oxygen atoms in total. The molecule has 0 atom stereocenters. The van der Waals surface area contributed by atoms with Crippen molar-refractivity contribution in [1.82, 2.24) is 15.6 Å². The fraction of sp³-hybridized carbons (Fsp3) is 0.176. The minimum atomic E-state index is -0.159. The van der Waals surface area contributed by atoms with Crippen LogP contribution < -0.4 is 5.43 Å². The molecule has 0 saturated carbocycles. The zero-order valence-corrected chi connectivity index (χ0v) is 17.2. The number of amides is 1. The number of benzene rings is 1. The summed E-state index contributed by atoms with van der Waals surface area (Å²) in [5.41, 5.74) is 3.78. The number of aromatic nitrogens is 2. The zero-order chi connectivity index (χ0) is 18.2. The summed E-state index contributed by atoms with van der Waals surface area (Å²) >= 11 is 6.16. The second-order valence-corrected chi connectivity index (χ2v) is 9.88. The van der Waals surface area contributed by atoms with Gasteiger partial charge in [0.15, 0.2) is 8.68 Å². The maximum Gasteiger partial charge on any atom is 0.250 e. The van der Waals surface area contributed by atoms with Crippen molar-refractivity contribution in [3.63, 3.8) is 0 Å². The highest BCUT2D eigenvalue weighted by Crippen LogP contribution is 2.30. The largest absolute Gasteiger partial charge is 0.272 e. The molecule has 1 aromatic carbocycles. The van der Waals surface area contributed by atoms with Gasteiger partial charge in [-0.2, -0.15) is 5.10 Å². The monoisotopic (exact) mass is 420 g/mol. The Bertz CT molecular complexity index is 876. The predicted octanol–water partition coefficient (Wildman–Crippen LogP) is 4.44. The van der Waals surface area contributed by atoms with Crippen LogP contribution in [0.2, 0.25) is 0 Å². The van der Waals surface area contributed by atoms with E-state index < -0.39 is 0 Å². The molecule has 0 aliphatic carbocycles. The highest BCUT2D eigenvalue weighted by atomic mass is 32.2. The summed E-state index contributed by atoms with van der Waals surface area (Å²) in [6, 6.07) is 14.2. The van der Waals surface area contributed by atoms with E-state index in [0.29, 0.717) is 0 Å². The van der Waals surface area contributed by atoms with Crippen LogP contribution in [0.1, 0.15) is 15.3 Å². The molecule has 1 N–H and O–H groups in total. The Morgan fingerprint density at radius 2 is 1.88 bits per heavy atom. The van der Waals surface area contributed by atoms with Crippen molar-refractivity contribution >= 4 is 58.3 Å². The van der Waals surface area contributed by atoms with Gasteiger partial charge >= 0.3 is 0 Å². The summed E-state index contributed by atoms with van der Waals surface area (Å²) in [6.45, 7) is 2.03. The van der Waals surface area contributed by atoms with Crippen LogP contribution in [0.4, 0.5) is 0 Å². The minimum Gasteiger partial charge on any atom is -0.272 e. The smallest absolute Gasteiger partial charge is 0.250 e. The summed E-state index contributed by atoms with van der Waals surface area (Å²) in [4.78, 5) is 14.1. The minimum absolute atomic E-state index is 0.159. The molecule has 134 valence electrons. The number of nitrogens with one attached hydrogen (secondary N) is 1. The van der Waals surface area contributed by atoms with E-state index >= 15 is 0 Å². The SMILES string of the molecule is Cc1ccc(/C=N/NC(=O)CSc2nnc(SCc3ccccc3)s2)s1. The second-order valence-electron chi connectivity index (χ2n) is 5.14. The van der Waals surface area contributed by atoms with Gasteiger partial charge in [0.05, 0.1) is 12.0 Å². The summed E-state index contributed by atoms with van der Waals surface area (Å²) in [6.07, 6.45) is 1.66. The van der Waals surface area contributed by atoms with Gasteiger partial charge < -0.3 is 0 Å². The number of carbonyl (C=O) groups is 1. The normalized spacial score (nSPS) is 11.1. The Morgan fingerprint density at radius 3 is 2.62 bits per heavy atom. The topological polar surface area (TPSA) is 67.2 Å². The van der Waals surface area contributed by atoms with Crippen molar-refractivity contribution in [3.8, 4) is 0 Å². The third kappa shape index (κ3) is 6.24. The average molecular weight is 421 g/mol. The molecule has 0 aliphatic rings. The van der Waals surface area contributed by atoms with Gasteiger partial charge in [0, 0.05) is 15.5 Å². The van der Waals surface area contributed by atoms with Crippen molar-refractivity contribution in [2.24, 2.45) is 5.10 Å². The van der Waals surface area contributed by atoms with Crippen LogP contribution in [0.3, 0.4) is 0 Å². The molecule has 26 heavy (non-hydrogen) atoms. The molecule has 0 saturated heterocycles. The van der Waals surface area contributed by atoms with E-state index in [-0.39, 0.29) is 11.7 Å². The molecular weight excluding hydrogens is 404 g/mol. The van der Waals surface area contributed by atoms with Crippen LogP contribution in [0, 0.1) is 6.92 Å². The Kier molecular flexibility index (Phi) is 7.24. The number of hydrogen-bond acceptors (Lipinski definition) is 8. The highest BCUT2D eigenvalue weighted by molar-refractivity contribution is 8.03. The molecular formula is C17H16N4OS4. The fourth-order valence-corrected chi connectivity index (χ4v) is 5.40. The lowest BCUT2D eigenvalue weighted by Gasteiger charge is -1.97. The third-order valence-corrected chi connectivity index (χ3v) is 7.26. The van der Waals surface area contributed by atoms with Crippen LogP contribution in [0.5, 0.6) is 0 Å². The van der Waals surface area contributed by atoms with Crippen molar-refractivity contribution in [2.45, 2.75) is 21.4 Å². The maximum absolute atomic E-state index is 11.8. The summed E-state index contributed by atoms with van der Waals surface area (Å²) < 4.78 is 1.69. The van der Waals surface area contributed by atoms with Gasteiger partial charge in [-0.15, -0.1) is 21.5 Å². The summed E-state index contributed by atoms with van der Waals surface area (Å²) in [7, 11) is 0. The van der Waals surface area contributed by atoms with Gasteiger partial charge in [-0.1, -0.05) is 65.2 Å². The highest BCUT2D eigenvalue weighted by Gasteiger charge is 2.08. The average Bonchev–Trinajstić information content (AvgIpc) is 3.28. The molecule has 0 spiro atoms. The number of rotatable bonds is 8. The lowest BCUT2D eigenvalue weighted by molar-refractivity contribution is -0.118. The van der Waals surface area contributed by atoms with E-state index in [1.807, 2.05) is 37.3 Å². The number of aryl methyl sites for hydroxylation is 1. The van der Waals surface area contributed by atoms with E-state index in [1.165, 1.54) is 33.5 Å². The van der Waals surface area contributed by atoms with Crippen molar-refractivity contribution < 1.29 is 4.79 Å². The second kappa shape index (κ2) is 9.86. The summed E-state index contributed by atoms with van der Waals surface area (Å²) in [5, 5.41) is 12.3. The van der Waals surface area contributed by atoms with Gasteiger partial charge in [0.2, 0.25) is 0 Å². The molecule has 2 aromatic heterocycles. The first-order valence-electron chi connectivity index (χ1n) is 7.70. The Morgan fingerprint density at radius 1 is 1.12 bits per heavy atom. The molecule has 0 radical (unpaired) electrons. The van der Waals surface area contributed by atoms with E-state index in [0.717, 1.165) is 19.3 Å². The van der Waals surface area contributed by atoms with Crippen LogP contribution in [0.15, 0.2) is 56.2 Å². The van der Waals surface area contributed by atoms with Crippen LogP contribution >= 0.6 is 46.2 Å². The first-order chi connectivity index (χ1) is 12.7. The fourth-order valence-electron chi connectivity index (χ4n) is 1.88. The number of carbonyl (C=O) groups excluding carboxylic acids is 1. The van der Waals surface area contributed by atoms with Gasteiger partial charge in [-0.25, -0.2) is 5.43 Å². The van der Waals surface area contributed by atoms with Crippen LogP contribution in [0.25, 0.3) is 0 Å². The van der Waals surface area contributed by atoms with Crippen molar-refractivity contribution in [3.05, 3.63) is 57.8 Å². The maximum atomic E-state index is 11.8. The molecule has 0 fully saturated rings. The quantitative estimate of drug-likeness (QED) is 0.331. The van der Waals surface area contributed by atoms with Crippen LogP contribution in [-0.2, 0) is 10.5 Å².